The van der Waals surface area contributed by atoms with Crippen molar-refractivity contribution in [1.29, 1.82) is 0 Å². The summed E-state index contributed by atoms with van der Waals surface area (Å²) in [5, 5.41) is 0.712. The van der Waals surface area contributed by atoms with Gasteiger partial charge in [0.25, 0.3) is 5.91 Å². The summed E-state index contributed by atoms with van der Waals surface area (Å²) in [6.45, 7) is 3.75. The molecule has 3 heterocycles. The summed E-state index contributed by atoms with van der Waals surface area (Å²) >= 11 is 0. The normalized spacial score (nSPS) is 22.2. The fourth-order valence-electron chi connectivity index (χ4n) is 3.92. The summed E-state index contributed by atoms with van der Waals surface area (Å²) in [5.74, 6) is -0.128. The zero-order valence-corrected chi connectivity index (χ0v) is 13.7. The minimum absolute atomic E-state index is 0.128. The maximum Gasteiger partial charge on any atom is 0.346 e. The van der Waals surface area contributed by atoms with E-state index in [1.807, 2.05) is 23.1 Å². The van der Waals surface area contributed by atoms with E-state index in [4.69, 9.17) is 0 Å². The van der Waals surface area contributed by atoms with Crippen molar-refractivity contribution in [3.8, 4) is 0 Å². The van der Waals surface area contributed by atoms with Gasteiger partial charge in [-0.15, -0.1) is 0 Å². The molecule has 0 radical (unpaired) electrons. The molecule has 6 heteroatoms. The van der Waals surface area contributed by atoms with Gasteiger partial charge in [-0.1, -0.05) is 24.6 Å². The van der Waals surface area contributed by atoms with E-state index in [1.54, 1.807) is 6.07 Å². The van der Waals surface area contributed by atoms with Crippen molar-refractivity contribution >= 4 is 16.8 Å². The number of aromatic amines is 1. The molecule has 0 bridgehead atoms. The number of nitrogens with zero attached hydrogens (tertiary/aromatic N) is 3. The molecule has 0 saturated carbocycles. The summed E-state index contributed by atoms with van der Waals surface area (Å²) in [6.07, 6.45) is 4.83. The van der Waals surface area contributed by atoms with Crippen LogP contribution in [0.4, 0.5) is 0 Å². The lowest BCUT2D eigenvalue weighted by Crippen LogP contribution is -2.41. The predicted octanol–water partition coefficient (Wildman–Crippen LogP) is 1.62. The number of hydrogen-bond acceptors (Lipinski definition) is 4. The van der Waals surface area contributed by atoms with E-state index in [2.05, 4.69) is 14.9 Å². The Kier molecular flexibility index (Phi) is 4.06. The summed E-state index contributed by atoms with van der Waals surface area (Å²) in [5.41, 5.74) is 0.463. The number of rotatable bonds is 2. The predicted molar refractivity (Wildman–Crippen MR) is 92.1 cm³/mol. The van der Waals surface area contributed by atoms with Gasteiger partial charge >= 0.3 is 5.69 Å². The lowest BCUT2D eigenvalue weighted by molar-refractivity contribution is 0.0767. The Labute approximate surface area is 140 Å². The number of hydrogen-bond donors (Lipinski definition) is 1. The number of aromatic nitrogens is 2. The number of fused-ring (bicyclic) bond motifs is 1. The highest BCUT2D eigenvalue weighted by Crippen LogP contribution is 2.22. The van der Waals surface area contributed by atoms with Crippen LogP contribution in [0.5, 0.6) is 0 Å². The molecule has 0 spiro atoms. The Balaban J connectivity index is 1.57. The molecule has 24 heavy (non-hydrogen) atoms. The molecule has 6 nitrogen and oxygen atoms in total. The van der Waals surface area contributed by atoms with Crippen molar-refractivity contribution in [3.63, 3.8) is 0 Å². The molecule has 1 N–H and O–H groups in total. The molecule has 1 aromatic carbocycles. The van der Waals surface area contributed by atoms with Crippen LogP contribution in [0.2, 0.25) is 0 Å². The molecule has 0 unspecified atom stereocenters. The fraction of sp³-hybridized carbons (Fsp3) is 0.500. The Morgan fingerprint density at radius 1 is 1.12 bits per heavy atom. The van der Waals surface area contributed by atoms with E-state index in [9.17, 15) is 9.59 Å². The Hall–Kier alpha value is -2.21. The third-order valence-electron chi connectivity index (χ3n) is 5.20. The second-order valence-electron chi connectivity index (χ2n) is 6.73. The first-order valence-corrected chi connectivity index (χ1v) is 8.75. The molecule has 1 amide bonds. The molecule has 2 saturated heterocycles. The van der Waals surface area contributed by atoms with Gasteiger partial charge < -0.3 is 9.88 Å². The van der Waals surface area contributed by atoms with Crippen molar-refractivity contribution in [3.05, 3.63) is 40.4 Å². The van der Waals surface area contributed by atoms with Crippen LogP contribution in [-0.2, 0) is 0 Å². The van der Waals surface area contributed by atoms with Crippen molar-refractivity contribution in [2.45, 2.75) is 31.7 Å². The number of nitrogens with one attached hydrogen (secondary N) is 1. The Morgan fingerprint density at radius 2 is 1.92 bits per heavy atom. The fourth-order valence-corrected chi connectivity index (χ4v) is 3.92. The lowest BCUT2D eigenvalue weighted by Gasteiger charge is -2.32. The number of H-pyrrole nitrogens is 1. The molecule has 4 rings (SSSR count). The van der Waals surface area contributed by atoms with Crippen LogP contribution in [0, 0.1) is 0 Å². The van der Waals surface area contributed by atoms with Crippen LogP contribution >= 0.6 is 0 Å². The first-order valence-electron chi connectivity index (χ1n) is 8.75. The molecule has 1 aromatic heterocycles. The van der Waals surface area contributed by atoms with Gasteiger partial charge in [0.05, 0.1) is 5.52 Å². The second kappa shape index (κ2) is 6.36. The molecule has 2 aromatic rings. The van der Waals surface area contributed by atoms with Gasteiger partial charge in [-0.2, -0.15) is 4.98 Å². The Morgan fingerprint density at radius 3 is 2.75 bits per heavy atom. The van der Waals surface area contributed by atoms with Crippen LogP contribution in [0.25, 0.3) is 10.9 Å². The molecule has 0 aliphatic carbocycles. The van der Waals surface area contributed by atoms with Crippen LogP contribution in [0.3, 0.4) is 0 Å². The van der Waals surface area contributed by atoms with E-state index in [0.29, 0.717) is 16.9 Å². The number of piperidine rings is 1. The third kappa shape index (κ3) is 2.82. The van der Waals surface area contributed by atoms with Gasteiger partial charge in [0.15, 0.2) is 0 Å². The van der Waals surface area contributed by atoms with E-state index in [0.717, 1.165) is 32.6 Å². The average Bonchev–Trinajstić information content (AvgIpc) is 3.11. The van der Waals surface area contributed by atoms with Crippen LogP contribution in [0.1, 0.15) is 36.2 Å². The van der Waals surface area contributed by atoms with E-state index >= 15 is 0 Å². The van der Waals surface area contributed by atoms with Crippen LogP contribution in [-0.4, -0.2) is 57.9 Å². The number of likely N-dealkylation sites (tertiary alicyclic amines) is 2. The molecular formula is C18H22N4O2. The molecule has 1 atom stereocenters. The van der Waals surface area contributed by atoms with Gasteiger partial charge in [-0.25, -0.2) is 4.79 Å². The lowest BCUT2D eigenvalue weighted by atomic mass is 10.1. The summed E-state index contributed by atoms with van der Waals surface area (Å²) in [4.78, 5) is 35.7. The van der Waals surface area contributed by atoms with Crippen LogP contribution in [0.15, 0.2) is 29.1 Å². The first-order chi connectivity index (χ1) is 11.7. The topological polar surface area (TPSA) is 69.3 Å². The summed E-state index contributed by atoms with van der Waals surface area (Å²) in [6, 6.07) is 7.79. The van der Waals surface area contributed by atoms with Gasteiger partial charge in [0.2, 0.25) is 0 Å². The highest BCUT2D eigenvalue weighted by molar-refractivity contribution is 6.04. The molecule has 2 aliphatic rings. The molecule has 2 aliphatic heterocycles. The monoisotopic (exact) mass is 326 g/mol. The summed E-state index contributed by atoms with van der Waals surface area (Å²) in [7, 11) is 0. The zero-order chi connectivity index (χ0) is 16.5. The van der Waals surface area contributed by atoms with Crippen molar-refractivity contribution < 1.29 is 4.79 Å². The molecular weight excluding hydrogens is 304 g/mol. The largest absolute Gasteiger partial charge is 0.346 e. The average molecular weight is 326 g/mol. The maximum absolute atomic E-state index is 12.9. The van der Waals surface area contributed by atoms with E-state index in [1.165, 1.54) is 19.3 Å². The highest BCUT2D eigenvalue weighted by Gasteiger charge is 2.32. The smallest absolute Gasteiger partial charge is 0.336 e. The molecule has 2 fully saturated rings. The van der Waals surface area contributed by atoms with Gasteiger partial charge in [-0.3, -0.25) is 9.69 Å². The Bertz CT molecular complexity index is 810. The summed E-state index contributed by atoms with van der Waals surface area (Å²) < 4.78 is 0. The second-order valence-corrected chi connectivity index (χ2v) is 6.73. The van der Waals surface area contributed by atoms with Crippen LogP contribution < -0.4 is 5.69 Å². The quantitative estimate of drug-likeness (QED) is 0.910. The number of benzene rings is 1. The molecule has 126 valence electrons. The van der Waals surface area contributed by atoms with Crippen molar-refractivity contribution in [1.82, 2.24) is 19.8 Å². The first kappa shape index (κ1) is 15.3. The number of para-hydroxylation sites is 1. The van der Waals surface area contributed by atoms with Crippen molar-refractivity contribution in [2.24, 2.45) is 0 Å². The number of amides is 1. The standard InChI is InChI=1S/C18H22N4O2/c23-17(16-14-6-2-3-7-15(14)19-18(24)20-16)22-11-8-13(12-22)21-9-4-1-5-10-21/h2-3,6-7,13H,1,4-5,8-12H2,(H,19,20,24)/t13-/m0/s1. The minimum atomic E-state index is -0.469. The van der Waals surface area contributed by atoms with Gasteiger partial charge in [0, 0.05) is 24.5 Å². The number of carbonyl (C=O) groups is 1. The van der Waals surface area contributed by atoms with Gasteiger partial charge in [-0.05, 0) is 38.4 Å². The van der Waals surface area contributed by atoms with Gasteiger partial charge in [0.1, 0.15) is 5.69 Å². The third-order valence-corrected chi connectivity index (χ3v) is 5.20. The highest BCUT2D eigenvalue weighted by atomic mass is 16.2. The maximum atomic E-state index is 12.9. The number of carbonyl (C=O) groups excluding carboxylic acids is 1. The zero-order valence-electron chi connectivity index (χ0n) is 13.7. The van der Waals surface area contributed by atoms with E-state index < -0.39 is 5.69 Å². The van der Waals surface area contributed by atoms with E-state index in [-0.39, 0.29) is 11.6 Å². The van der Waals surface area contributed by atoms with Crippen molar-refractivity contribution in [2.75, 3.05) is 26.2 Å². The SMILES string of the molecule is O=C(c1nc(=O)[nH]c2ccccc12)N1CC[C@H](N2CCCCC2)C1. The minimum Gasteiger partial charge on any atom is -0.336 e.